The van der Waals surface area contributed by atoms with Crippen LogP contribution in [0.5, 0.6) is 5.75 Å². The number of hydrogen-bond acceptors (Lipinski definition) is 6. The highest BCUT2D eigenvalue weighted by Gasteiger charge is 2.19. The Kier molecular flexibility index (Phi) is 3.38. The van der Waals surface area contributed by atoms with Crippen molar-refractivity contribution < 1.29 is 31.0 Å². The average Bonchev–Trinajstić information content (AvgIpc) is 2.34. The first-order chi connectivity index (χ1) is 9.54. The number of nitriles is 1. The Balaban J connectivity index is 3.02. The van der Waals surface area contributed by atoms with Gasteiger partial charge in [-0.2, -0.15) is 22.1 Å². The standard InChI is InChI=1S/C11H7NO7S2/c12-5-7-3-8(20(14,15)16)1-6-2-9(21(17,18)19)4-10(13)11(6)7/h1-4,13H,(H,14,15,16)(H,17,18,19). The van der Waals surface area contributed by atoms with Crippen LogP contribution in [0.1, 0.15) is 5.56 Å². The topological polar surface area (TPSA) is 153 Å². The van der Waals surface area contributed by atoms with Crippen LogP contribution in [-0.2, 0) is 20.2 Å². The molecule has 0 atom stereocenters. The van der Waals surface area contributed by atoms with Gasteiger partial charge in [-0.1, -0.05) is 0 Å². The van der Waals surface area contributed by atoms with Crippen molar-refractivity contribution >= 4 is 31.0 Å². The molecule has 110 valence electrons. The number of aromatic hydroxyl groups is 1. The van der Waals surface area contributed by atoms with Crippen molar-refractivity contribution in [1.29, 1.82) is 5.26 Å². The second kappa shape index (κ2) is 4.68. The van der Waals surface area contributed by atoms with Crippen LogP contribution in [0.3, 0.4) is 0 Å². The lowest BCUT2D eigenvalue weighted by Crippen LogP contribution is -2.01. The molecule has 21 heavy (non-hydrogen) atoms. The first kappa shape index (κ1) is 15.2. The van der Waals surface area contributed by atoms with Crippen LogP contribution < -0.4 is 0 Å². The summed E-state index contributed by atoms with van der Waals surface area (Å²) < 4.78 is 62.4. The van der Waals surface area contributed by atoms with Crippen LogP contribution in [0, 0.1) is 11.3 Å². The second-order valence-corrected chi connectivity index (χ2v) is 6.92. The third-order valence-electron chi connectivity index (χ3n) is 2.69. The van der Waals surface area contributed by atoms with Crippen molar-refractivity contribution in [3.63, 3.8) is 0 Å². The van der Waals surface area contributed by atoms with E-state index in [1.807, 2.05) is 0 Å². The van der Waals surface area contributed by atoms with Gasteiger partial charge < -0.3 is 5.11 Å². The molecular weight excluding hydrogens is 322 g/mol. The molecule has 0 unspecified atom stereocenters. The number of phenolic OH excluding ortho intramolecular Hbond substituents is 1. The fourth-order valence-electron chi connectivity index (χ4n) is 1.82. The van der Waals surface area contributed by atoms with Gasteiger partial charge in [0.25, 0.3) is 20.2 Å². The lowest BCUT2D eigenvalue weighted by molar-refractivity contribution is 0.470. The molecule has 2 aromatic carbocycles. The zero-order valence-electron chi connectivity index (χ0n) is 10.0. The van der Waals surface area contributed by atoms with E-state index in [1.54, 1.807) is 6.07 Å². The van der Waals surface area contributed by atoms with Gasteiger partial charge in [0.1, 0.15) is 5.75 Å². The number of rotatable bonds is 2. The highest BCUT2D eigenvalue weighted by molar-refractivity contribution is 7.86. The molecule has 0 aliphatic rings. The lowest BCUT2D eigenvalue weighted by Gasteiger charge is -2.08. The number of benzene rings is 2. The highest BCUT2D eigenvalue weighted by atomic mass is 32.2. The van der Waals surface area contributed by atoms with Gasteiger partial charge in [-0.25, -0.2) is 0 Å². The van der Waals surface area contributed by atoms with Crippen LogP contribution in [0.25, 0.3) is 10.8 Å². The first-order valence-electron chi connectivity index (χ1n) is 5.20. The van der Waals surface area contributed by atoms with Crippen molar-refractivity contribution in [2.24, 2.45) is 0 Å². The summed E-state index contributed by atoms with van der Waals surface area (Å²) in [5.41, 5.74) is -0.278. The van der Waals surface area contributed by atoms with Gasteiger partial charge in [0.05, 0.1) is 21.4 Å². The largest absolute Gasteiger partial charge is 0.507 e. The predicted octanol–water partition coefficient (Wildman–Crippen LogP) is 0.910. The monoisotopic (exact) mass is 329 g/mol. The van der Waals surface area contributed by atoms with E-state index in [2.05, 4.69) is 0 Å². The molecule has 2 aromatic rings. The second-order valence-electron chi connectivity index (χ2n) is 4.07. The third-order valence-corrected chi connectivity index (χ3v) is 4.35. The summed E-state index contributed by atoms with van der Waals surface area (Å²) in [5.74, 6) is -0.626. The van der Waals surface area contributed by atoms with Gasteiger partial charge in [-0.3, -0.25) is 9.11 Å². The summed E-state index contributed by atoms with van der Waals surface area (Å²) in [6.07, 6.45) is 0. The molecule has 0 saturated carbocycles. The van der Waals surface area contributed by atoms with Gasteiger partial charge in [0, 0.05) is 11.5 Å². The zero-order valence-corrected chi connectivity index (χ0v) is 11.7. The van der Waals surface area contributed by atoms with E-state index in [4.69, 9.17) is 14.4 Å². The van der Waals surface area contributed by atoms with Crippen LogP contribution in [0.4, 0.5) is 0 Å². The van der Waals surface area contributed by atoms with E-state index in [0.29, 0.717) is 0 Å². The van der Waals surface area contributed by atoms with Crippen LogP contribution in [0.2, 0.25) is 0 Å². The maximum Gasteiger partial charge on any atom is 0.294 e. The van der Waals surface area contributed by atoms with E-state index in [0.717, 1.165) is 24.3 Å². The average molecular weight is 329 g/mol. The molecule has 3 N–H and O–H groups in total. The van der Waals surface area contributed by atoms with Gasteiger partial charge in [-0.05, 0) is 23.6 Å². The minimum Gasteiger partial charge on any atom is -0.507 e. The van der Waals surface area contributed by atoms with Crippen molar-refractivity contribution in [2.75, 3.05) is 0 Å². The fraction of sp³-hybridized carbons (Fsp3) is 0. The Labute approximate surface area is 119 Å². The van der Waals surface area contributed by atoms with Crippen molar-refractivity contribution in [3.8, 4) is 11.8 Å². The molecule has 8 nitrogen and oxygen atoms in total. The quantitative estimate of drug-likeness (QED) is 0.687. The molecule has 0 spiro atoms. The molecule has 0 amide bonds. The molecule has 0 bridgehead atoms. The summed E-state index contributed by atoms with van der Waals surface area (Å²) in [6.45, 7) is 0. The summed E-state index contributed by atoms with van der Waals surface area (Å²) in [4.78, 5) is -1.32. The Morgan fingerprint density at radius 3 is 1.81 bits per heavy atom. The van der Waals surface area contributed by atoms with E-state index in [9.17, 15) is 21.9 Å². The van der Waals surface area contributed by atoms with E-state index >= 15 is 0 Å². The Bertz CT molecular complexity index is 996. The fourth-order valence-corrected chi connectivity index (χ4v) is 2.90. The molecule has 10 heteroatoms. The molecule has 0 heterocycles. The van der Waals surface area contributed by atoms with Crippen molar-refractivity contribution in [1.82, 2.24) is 0 Å². The van der Waals surface area contributed by atoms with Gasteiger partial charge >= 0.3 is 0 Å². The SMILES string of the molecule is N#Cc1cc(S(=O)(=O)O)cc2cc(S(=O)(=O)O)cc(O)c12. The smallest absolute Gasteiger partial charge is 0.294 e. The summed E-state index contributed by atoms with van der Waals surface area (Å²) in [5, 5.41) is 18.5. The van der Waals surface area contributed by atoms with Crippen LogP contribution in [-0.4, -0.2) is 31.0 Å². The Morgan fingerprint density at radius 2 is 1.38 bits per heavy atom. The van der Waals surface area contributed by atoms with Crippen molar-refractivity contribution in [2.45, 2.75) is 9.79 Å². The normalized spacial score (nSPS) is 12.2. The van der Waals surface area contributed by atoms with Gasteiger partial charge in [0.2, 0.25) is 0 Å². The molecule has 0 aliphatic carbocycles. The van der Waals surface area contributed by atoms with Crippen LogP contribution >= 0.6 is 0 Å². The van der Waals surface area contributed by atoms with Crippen LogP contribution in [0.15, 0.2) is 34.1 Å². The molecule has 0 saturated heterocycles. The number of hydrogen-bond donors (Lipinski definition) is 3. The van der Waals surface area contributed by atoms with E-state index < -0.39 is 35.8 Å². The maximum absolute atomic E-state index is 11.1. The predicted molar refractivity (Wildman–Crippen MR) is 70.0 cm³/mol. The molecule has 0 radical (unpaired) electrons. The van der Waals surface area contributed by atoms with Gasteiger partial charge in [0.15, 0.2) is 0 Å². The summed E-state index contributed by atoms with van der Waals surface area (Å²) in [7, 11) is -9.27. The van der Waals surface area contributed by atoms with E-state index in [-0.39, 0.29) is 16.3 Å². The zero-order chi connectivity index (χ0) is 16.0. The van der Waals surface area contributed by atoms with Gasteiger partial charge in [-0.15, -0.1) is 0 Å². The molecule has 0 aliphatic heterocycles. The number of nitrogens with zero attached hydrogens (tertiary/aromatic N) is 1. The molecule has 0 aromatic heterocycles. The molecule has 2 rings (SSSR count). The minimum absolute atomic E-state index is 0.0997. The minimum atomic E-state index is -4.64. The Morgan fingerprint density at radius 1 is 0.905 bits per heavy atom. The molecule has 0 fully saturated rings. The highest BCUT2D eigenvalue weighted by Crippen LogP contribution is 2.33. The number of phenols is 1. The van der Waals surface area contributed by atoms with Crippen molar-refractivity contribution in [3.05, 3.63) is 29.8 Å². The third kappa shape index (κ3) is 2.81. The Hall–Kier alpha value is -2.19. The van der Waals surface area contributed by atoms with E-state index in [1.165, 1.54) is 0 Å². The first-order valence-corrected chi connectivity index (χ1v) is 8.08. The summed E-state index contributed by atoms with van der Waals surface area (Å²) in [6, 6.07) is 4.95. The molecular formula is C11H7NO7S2. The maximum atomic E-state index is 11.1. The number of fused-ring (bicyclic) bond motifs is 1. The summed E-state index contributed by atoms with van der Waals surface area (Å²) >= 11 is 0. The lowest BCUT2D eigenvalue weighted by atomic mass is 10.0.